The lowest BCUT2D eigenvalue weighted by atomic mass is 10.3. The number of rotatable bonds is 3. The molecule has 1 heterocycles. The first kappa shape index (κ1) is 11.0. The summed E-state index contributed by atoms with van der Waals surface area (Å²) in [7, 11) is 3.48. The van der Waals surface area contributed by atoms with Crippen molar-refractivity contribution < 1.29 is 4.79 Å². The van der Waals surface area contributed by atoms with Crippen molar-refractivity contribution in [1.29, 1.82) is 0 Å². The summed E-state index contributed by atoms with van der Waals surface area (Å²) in [6.45, 7) is 0.332. The number of nitrogens with zero attached hydrogens (tertiary/aromatic N) is 2. The number of amides is 1. The summed E-state index contributed by atoms with van der Waals surface area (Å²) in [6, 6.07) is 1.85. The highest BCUT2D eigenvalue weighted by molar-refractivity contribution is 9.10. The molecule has 0 unspecified atom stereocenters. The third-order valence-electron chi connectivity index (χ3n) is 1.82. The largest absolute Gasteiger partial charge is 0.364 e. The number of likely N-dealkylation sites (N-methyl/N-ethyl adjacent to an activating group) is 2. The second kappa shape index (κ2) is 4.95. The first-order valence-electron chi connectivity index (χ1n) is 4.16. The van der Waals surface area contributed by atoms with Gasteiger partial charge >= 0.3 is 0 Å². The number of hydrogen-bond donors (Lipinski definition) is 1. The number of pyridine rings is 1. The minimum absolute atomic E-state index is 0.0174. The van der Waals surface area contributed by atoms with E-state index < -0.39 is 0 Å². The molecule has 14 heavy (non-hydrogen) atoms. The van der Waals surface area contributed by atoms with Crippen LogP contribution in [0, 0.1) is 0 Å². The van der Waals surface area contributed by atoms with Gasteiger partial charge in [0, 0.05) is 26.5 Å². The van der Waals surface area contributed by atoms with Crippen molar-refractivity contribution in [3.05, 3.63) is 22.9 Å². The maximum Gasteiger partial charge on any atom is 0.239 e. The number of carbonyl (C=O) groups is 1. The topological polar surface area (TPSA) is 45.2 Å². The van der Waals surface area contributed by atoms with Crippen molar-refractivity contribution >= 4 is 27.5 Å². The maximum atomic E-state index is 11.1. The second-order valence-corrected chi connectivity index (χ2v) is 3.71. The molecule has 0 aliphatic rings. The van der Waals surface area contributed by atoms with Gasteiger partial charge in [0.1, 0.15) is 0 Å². The third kappa shape index (κ3) is 2.70. The van der Waals surface area contributed by atoms with E-state index in [0.717, 1.165) is 10.2 Å². The van der Waals surface area contributed by atoms with E-state index in [0.29, 0.717) is 6.54 Å². The van der Waals surface area contributed by atoms with Crippen LogP contribution in [0.25, 0.3) is 0 Å². The summed E-state index contributed by atoms with van der Waals surface area (Å²) < 4.78 is 0.881. The number of nitrogens with one attached hydrogen (secondary N) is 1. The molecule has 0 saturated carbocycles. The van der Waals surface area contributed by atoms with Gasteiger partial charge in [0.15, 0.2) is 0 Å². The highest BCUT2D eigenvalue weighted by Crippen LogP contribution is 2.22. The molecule has 1 aromatic heterocycles. The van der Waals surface area contributed by atoms with Gasteiger partial charge in [-0.1, -0.05) is 0 Å². The average molecular weight is 258 g/mol. The Hall–Kier alpha value is -1.10. The first-order valence-corrected chi connectivity index (χ1v) is 4.95. The van der Waals surface area contributed by atoms with Crippen LogP contribution in [-0.4, -0.2) is 31.5 Å². The van der Waals surface area contributed by atoms with Gasteiger partial charge in [0.2, 0.25) is 5.91 Å². The van der Waals surface area contributed by atoms with Gasteiger partial charge in [-0.2, -0.15) is 0 Å². The van der Waals surface area contributed by atoms with E-state index in [4.69, 9.17) is 0 Å². The maximum absolute atomic E-state index is 11.1. The van der Waals surface area contributed by atoms with Gasteiger partial charge in [-0.3, -0.25) is 9.78 Å². The summed E-state index contributed by atoms with van der Waals surface area (Å²) in [5, 5.41) is 2.57. The molecular weight excluding hydrogens is 246 g/mol. The molecule has 0 aliphatic carbocycles. The zero-order valence-electron chi connectivity index (χ0n) is 8.12. The van der Waals surface area contributed by atoms with Crippen LogP contribution in [-0.2, 0) is 4.79 Å². The molecule has 76 valence electrons. The molecule has 0 aromatic carbocycles. The Morgan fingerprint density at radius 2 is 2.43 bits per heavy atom. The standard InChI is InChI=1S/C9H12BrN3O/c1-11-9(14)6-13(2)8-3-4-12-5-7(8)10/h3-5H,6H2,1-2H3,(H,11,14). The third-order valence-corrected chi connectivity index (χ3v) is 2.43. The average Bonchev–Trinajstić information content (AvgIpc) is 2.18. The van der Waals surface area contributed by atoms with Crippen molar-refractivity contribution in [3.63, 3.8) is 0 Å². The van der Waals surface area contributed by atoms with Crippen LogP contribution in [0.1, 0.15) is 0 Å². The second-order valence-electron chi connectivity index (χ2n) is 2.86. The summed E-state index contributed by atoms with van der Waals surface area (Å²) in [5.41, 5.74) is 0.948. The van der Waals surface area contributed by atoms with Crippen LogP contribution in [0.15, 0.2) is 22.9 Å². The first-order chi connectivity index (χ1) is 6.65. The molecule has 1 aromatic rings. The van der Waals surface area contributed by atoms with Gasteiger partial charge in [0.05, 0.1) is 16.7 Å². The quantitative estimate of drug-likeness (QED) is 0.880. The molecule has 1 rings (SSSR count). The van der Waals surface area contributed by atoms with Crippen molar-refractivity contribution in [2.24, 2.45) is 0 Å². The lowest BCUT2D eigenvalue weighted by Crippen LogP contribution is -2.33. The van der Waals surface area contributed by atoms with Crippen LogP contribution >= 0.6 is 15.9 Å². The molecule has 5 heteroatoms. The van der Waals surface area contributed by atoms with Crippen LogP contribution < -0.4 is 10.2 Å². The molecule has 4 nitrogen and oxygen atoms in total. The van der Waals surface area contributed by atoms with Gasteiger partial charge in [-0.05, 0) is 22.0 Å². The molecule has 0 atom stereocenters. The van der Waals surface area contributed by atoms with E-state index >= 15 is 0 Å². The molecule has 0 bridgehead atoms. The number of hydrogen-bond acceptors (Lipinski definition) is 3. The van der Waals surface area contributed by atoms with E-state index in [-0.39, 0.29) is 5.91 Å². The molecule has 0 saturated heterocycles. The fraction of sp³-hybridized carbons (Fsp3) is 0.333. The summed E-state index contributed by atoms with van der Waals surface area (Å²) in [5.74, 6) is -0.0174. The highest BCUT2D eigenvalue weighted by atomic mass is 79.9. The predicted octanol–water partition coefficient (Wildman–Crippen LogP) is 1.03. The van der Waals surface area contributed by atoms with Crippen LogP contribution in [0.5, 0.6) is 0 Å². The number of halogens is 1. The van der Waals surface area contributed by atoms with E-state index in [1.807, 2.05) is 18.0 Å². The zero-order chi connectivity index (χ0) is 10.6. The van der Waals surface area contributed by atoms with Gasteiger partial charge in [0.25, 0.3) is 0 Å². The molecular formula is C9H12BrN3O. The summed E-state index contributed by atoms with van der Waals surface area (Å²) in [6.07, 6.45) is 3.40. The lowest BCUT2D eigenvalue weighted by Gasteiger charge is -2.18. The van der Waals surface area contributed by atoms with Crippen LogP contribution in [0.3, 0.4) is 0 Å². The highest BCUT2D eigenvalue weighted by Gasteiger charge is 2.08. The van der Waals surface area contributed by atoms with Crippen LogP contribution in [0.4, 0.5) is 5.69 Å². The van der Waals surface area contributed by atoms with Crippen molar-refractivity contribution in [1.82, 2.24) is 10.3 Å². The summed E-state index contributed by atoms with van der Waals surface area (Å²) >= 11 is 3.37. The molecule has 0 aliphatic heterocycles. The number of carbonyl (C=O) groups excluding carboxylic acids is 1. The predicted molar refractivity (Wildman–Crippen MR) is 59.3 cm³/mol. The van der Waals surface area contributed by atoms with Gasteiger partial charge < -0.3 is 10.2 Å². The Morgan fingerprint density at radius 3 is 3.00 bits per heavy atom. The Morgan fingerprint density at radius 1 is 1.71 bits per heavy atom. The van der Waals surface area contributed by atoms with Crippen molar-refractivity contribution in [2.75, 3.05) is 25.5 Å². The Balaban J connectivity index is 2.74. The number of aromatic nitrogens is 1. The van der Waals surface area contributed by atoms with Crippen LogP contribution in [0.2, 0.25) is 0 Å². The minimum atomic E-state index is -0.0174. The van der Waals surface area contributed by atoms with Crippen molar-refractivity contribution in [2.45, 2.75) is 0 Å². The van der Waals surface area contributed by atoms with E-state index in [9.17, 15) is 4.79 Å². The summed E-state index contributed by atoms with van der Waals surface area (Å²) in [4.78, 5) is 16.9. The van der Waals surface area contributed by atoms with E-state index in [1.54, 1.807) is 19.4 Å². The van der Waals surface area contributed by atoms with Crippen molar-refractivity contribution in [3.8, 4) is 0 Å². The lowest BCUT2D eigenvalue weighted by molar-refractivity contribution is -0.119. The molecule has 0 radical (unpaired) electrons. The fourth-order valence-corrected chi connectivity index (χ4v) is 1.61. The normalized spacial score (nSPS) is 9.64. The Kier molecular flexibility index (Phi) is 3.88. The minimum Gasteiger partial charge on any atom is -0.364 e. The van der Waals surface area contributed by atoms with Gasteiger partial charge in [-0.25, -0.2) is 0 Å². The molecule has 0 fully saturated rings. The fourth-order valence-electron chi connectivity index (χ4n) is 1.06. The Bertz CT molecular complexity index is 330. The molecule has 1 N–H and O–H groups in total. The molecule has 0 spiro atoms. The monoisotopic (exact) mass is 257 g/mol. The smallest absolute Gasteiger partial charge is 0.239 e. The van der Waals surface area contributed by atoms with E-state index in [1.165, 1.54) is 0 Å². The van der Waals surface area contributed by atoms with E-state index in [2.05, 4.69) is 26.2 Å². The molecule has 1 amide bonds. The zero-order valence-corrected chi connectivity index (χ0v) is 9.71. The van der Waals surface area contributed by atoms with Gasteiger partial charge in [-0.15, -0.1) is 0 Å². The SMILES string of the molecule is CNC(=O)CN(C)c1ccncc1Br. The Labute approximate surface area is 91.4 Å². The number of anilines is 1.